The van der Waals surface area contributed by atoms with Gasteiger partial charge in [-0.25, -0.2) is 8.78 Å². The largest absolute Gasteiger partial charge is 0.384 e. The predicted molar refractivity (Wildman–Crippen MR) is 66.6 cm³/mol. The minimum absolute atomic E-state index is 0.108. The molecule has 0 bridgehead atoms. The van der Waals surface area contributed by atoms with E-state index in [9.17, 15) is 13.9 Å². The Balaban J connectivity index is 2.47. The van der Waals surface area contributed by atoms with Crippen LogP contribution in [0.15, 0.2) is 36.4 Å². The Morgan fingerprint density at radius 1 is 1.11 bits per heavy atom. The number of aliphatic hydroxyl groups excluding tert-OH is 1. The number of benzene rings is 2. The van der Waals surface area contributed by atoms with Crippen LogP contribution in [0.25, 0.3) is 0 Å². The Labute approximate surface area is 109 Å². The molecule has 0 saturated carbocycles. The fourth-order valence-corrected chi connectivity index (χ4v) is 2.02. The van der Waals surface area contributed by atoms with E-state index in [4.69, 9.17) is 11.6 Å². The van der Waals surface area contributed by atoms with Gasteiger partial charge in [0.2, 0.25) is 0 Å². The standard InChI is InChI=1S/C14H11ClF2O/c1-8-2-3-13(17)12(4-8)14(18)9-5-10(15)7-11(16)6-9/h2-7,14,18H,1H3. The second-order valence-corrected chi connectivity index (χ2v) is 4.57. The third-order valence-corrected chi connectivity index (χ3v) is 2.86. The SMILES string of the molecule is Cc1ccc(F)c(C(O)c2cc(F)cc(Cl)c2)c1. The molecule has 4 heteroatoms. The van der Waals surface area contributed by atoms with Crippen molar-refractivity contribution in [1.82, 2.24) is 0 Å². The molecule has 2 aromatic rings. The van der Waals surface area contributed by atoms with Crippen molar-refractivity contribution in [3.05, 3.63) is 69.7 Å². The minimum atomic E-state index is -1.24. The van der Waals surface area contributed by atoms with Crippen LogP contribution in [0.2, 0.25) is 5.02 Å². The van der Waals surface area contributed by atoms with Crippen molar-refractivity contribution < 1.29 is 13.9 Å². The lowest BCUT2D eigenvalue weighted by Crippen LogP contribution is -2.03. The molecule has 0 fully saturated rings. The molecular formula is C14H11ClF2O. The number of aliphatic hydroxyl groups is 1. The predicted octanol–water partition coefficient (Wildman–Crippen LogP) is 4.01. The van der Waals surface area contributed by atoms with Crippen LogP contribution in [0.1, 0.15) is 22.8 Å². The monoisotopic (exact) mass is 268 g/mol. The van der Waals surface area contributed by atoms with E-state index in [-0.39, 0.29) is 16.1 Å². The van der Waals surface area contributed by atoms with E-state index in [1.54, 1.807) is 13.0 Å². The van der Waals surface area contributed by atoms with Gasteiger partial charge in [-0.3, -0.25) is 0 Å². The van der Waals surface area contributed by atoms with Crippen molar-refractivity contribution in [2.45, 2.75) is 13.0 Å². The lowest BCUT2D eigenvalue weighted by molar-refractivity contribution is 0.214. The Morgan fingerprint density at radius 3 is 2.50 bits per heavy atom. The molecule has 1 unspecified atom stereocenters. The van der Waals surface area contributed by atoms with Gasteiger partial charge in [-0.1, -0.05) is 29.3 Å². The van der Waals surface area contributed by atoms with Crippen molar-refractivity contribution in [3.63, 3.8) is 0 Å². The highest BCUT2D eigenvalue weighted by Crippen LogP contribution is 2.27. The van der Waals surface area contributed by atoms with Crippen molar-refractivity contribution in [1.29, 1.82) is 0 Å². The van der Waals surface area contributed by atoms with Gasteiger partial charge in [-0.05, 0) is 36.8 Å². The molecule has 0 amide bonds. The molecule has 0 aliphatic heterocycles. The molecule has 18 heavy (non-hydrogen) atoms. The van der Waals surface area contributed by atoms with Gasteiger partial charge in [-0.15, -0.1) is 0 Å². The van der Waals surface area contributed by atoms with E-state index in [0.717, 1.165) is 17.7 Å². The van der Waals surface area contributed by atoms with Crippen molar-refractivity contribution in [2.75, 3.05) is 0 Å². The van der Waals surface area contributed by atoms with Crippen LogP contribution in [-0.4, -0.2) is 5.11 Å². The molecule has 2 aromatic carbocycles. The molecule has 0 saturated heterocycles. The van der Waals surface area contributed by atoms with Crippen LogP contribution in [0.4, 0.5) is 8.78 Å². The Kier molecular flexibility index (Phi) is 3.64. The Hall–Kier alpha value is -1.45. The summed E-state index contributed by atoms with van der Waals surface area (Å²) in [6, 6.07) is 8.08. The maximum atomic E-state index is 13.6. The Morgan fingerprint density at radius 2 is 1.83 bits per heavy atom. The molecule has 1 N–H and O–H groups in total. The molecule has 0 aromatic heterocycles. The van der Waals surface area contributed by atoms with Gasteiger partial charge in [0.1, 0.15) is 17.7 Å². The summed E-state index contributed by atoms with van der Waals surface area (Å²) in [4.78, 5) is 0. The van der Waals surface area contributed by atoms with Gasteiger partial charge in [0.15, 0.2) is 0 Å². The first-order chi connectivity index (χ1) is 8.47. The van der Waals surface area contributed by atoms with E-state index >= 15 is 0 Å². The van der Waals surface area contributed by atoms with Crippen LogP contribution in [0.5, 0.6) is 0 Å². The summed E-state index contributed by atoms with van der Waals surface area (Å²) in [5, 5.41) is 10.2. The molecule has 0 aliphatic carbocycles. The normalized spacial score (nSPS) is 12.5. The molecule has 94 valence electrons. The van der Waals surface area contributed by atoms with Crippen molar-refractivity contribution in [2.24, 2.45) is 0 Å². The molecule has 2 rings (SSSR count). The van der Waals surface area contributed by atoms with Gasteiger partial charge in [0.25, 0.3) is 0 Å². The smallest absolute Gasteiger partial charge is 0.129 e. The number of aryl methyl sites for hydroxylation is 1. The second kappa shape index (κ2) is 5.04. The van der Waals surface area contributed by atoms with Crippen molar-refractivity contribution in [3.8, 4) is 0 Å². The summed E-state index contributed by atoms with van der Waals surface area (Å²) < 4.78 is 26.8. The van der Waals surface area contributed by atoms with Crippen LogP contribution in [0, 0.1) is 18.6 Å². The molecule has 0 radical (unpaired) electrons. The highest BCUT2D eigenvalue weighted by molar-refractivity contribution is 6.30. The zero-order chi connectivity index (χ0) is 13.3. The van der Waals surface area contributed by atoms with E-state index < -0.39 is 17.7 Å². The third kappa shape index (κ3) is 2.68. The maximum Gasteiger partial charge on any atom is 0.129 e. The van der Waals surface area contributed by atoms with Crippen LogP contribution in [0.3, 0.4) is 0 Å². The summed E-state index contributed by atoms with van der Waals surface area (Å²) in [6.07, 6.45) is -1.24. The summed E-state index contributed by atoms with van der Waals surface area (Å²) in [7, 11) is 0. The zero-order valence-corrected chi connectivity index (χ0v) is 10.4. The van der Waals surface area contributed by atoms with E-state index in [1.807, 2.05) is 0 Å². The highest BCUT2D eigenvalue weighted by atomic mass is 35.5. The Bertz CT molecular complexity index is 564. The van der Waals surface area contributed by atoms with Crippen LogP contribution < -0.4 is 0 Å². The summed E-state index contributed by atoms with van der Waals surface area (Å²) in [6.45, 7) is 1.79. The lowest BCUT2D eigenvalue weighted by Gasteiger charge is -2.13. The van der Waals surface area contributed by atoms with Crippen molar-refractivity contribution >= 4 is 11.6 Å². The van der Waals surface area contributed by atoms with Gasteiger partial charge < -0.3 is 5.11 Å². The van der Waals surface area contributed by atoms with Gasteiger partial charge in [0, 0.05) is 10.6 Å². The fraction of sp³-hybridized carbons (Fsp3) is 0.143. The summed E-state index contributed by atoms with van der Waals surface area (Å²) in [5.74, 6) is -1.10. The quantitative estimate of drug-likeness (QED) is 0.873. The molecule has 1 nitrogen and oxygen atoms in total. The third-order valence-electron chi connectivity index (χ3n) is 2.65. The average molecular weight is 269 g/mol. The molecule has 0 heterocycles. The fourth-order valence-electron chi connectivity index (χ4n) is 1.79. The first-order valence-electron chi connectivity index (χ1n) is 5.37. The number of hydrogen-bond acceptors (Lipinski definition) is 1. The highest BCUT2D eigenvalue weighted by Gasteiger charge is 2.16. The molecule has 0 spiro atoms. The van der Waals surface area contributed by atoms with Gasteiger partial charge in [-0.2, -0.15) is 0 Å². The minimum Gasteiger partial charge on any atom is -0.384 e. The summed E-state index contributed by atoms with van der Waals surface area (Å²) in [5.41, 5.74) is 1.15. The van der Waals surface area contributed by atoms with E-state index in [2.05, 4.69) is 0 Å². The summed E-state index contributed by atoms with van der Waals surface area (Å²) >= 11 is 5.71. The molecule has 1 atom stereocenters. The van der Waals surface area contributed by atoms with E-state index in [0.29, 0.717) is 0 Å². The number of hydrogen-bond donors (Lipinski definition) is 1. The van der Waals surface area contributed by atoms with Crippen LogP contribution >= 0.6 is 11.6 Å². The first-order valence-corrected chi connectivity index (χ1v) is 5.75. The average Bonchev–Trinajstić information content (AvgIpc) is 2.30. The molecule has 0 aliphatic rings. The van der Waals surface area contributed by atoms with E-state index in [1.165, 1.54) is 18.2 Å². The lowest BCUT2D eigenvalue weighted by atomic mass is 9.99. The topological polar surface area (TPSA) is 20.2 Å². The number of halogens is 3. The maximum absolute atomic E-state index is 13.6. The van der Waals surface area contributed by atoms with Gasteiger partial charge >= 0.3 is 0 Å². The van der Waals surface area contributed by atoms with Gasteiger partial charge in [0.05, 0.1) is 0 Å². The second-order valence-electron chi connectivity index (χ2n) is 4.13. The van der Waals surface area contributed by atoms with Crippen LogP contribution in [-0.2, 0) is 0 Å². The zero-order valence-electron chi connectivity index (χ0n) is 9.62. The first kappa shape index (κ1) is 13.0. The molecular weight excluding hydrogens is 258 g/mol. The number of rotatable bonds is 2.